The minimum absolute atomic E-state index is 0.00550. The van der Waals surface area contributed by atoms with Crippen molar-refractivity contribution in [3.05, 3.63) is 68.9 Å². The molecule has 9 nitrogen and oxygen atoms in total. The smallest absolute Gasteiger partial charge is 0.355 e. The van der Waals surface area contributed by atoms with Crippen molar-refractivity contribution in [1.29, 1.82) is 0 Å². The zero-order chi connectivity index (χ0) is 31.9. The van der Waals surface area contributed by atoms with E-state index in [2.05, 4.69) is 5.10 Å². The predicted molar refractivity (Wildman–Crippen MR) is 169 cm³/mol. The van der Waals surface area contributed by atoms with Gasteiger partial charge in [0, 0.05) is 47.9 Å². The Morgan fingerprint density at radius 3 is 2.50 bits per heavy atom. The molecule has 1 aliphatic heterocycles. The Kier molecular flexibility index (Phi) is 9.11. The number of rotatable bonds is 7. The van der Waals surface area contributed by atoms with Crippen molar-refractivity contribution in [2.24, 2.45) is 7.05 Å². The van der Waals surface area contributed by atoms with Crippen molar-refractivity contribution in [3.63, 3.8) is 0 Å². The van der Waals surface area contributed by atoms with Crippen LogP contribution in [0.1, 0.15) is 58.3 Å². The zero-order valence-corrected chi connectivity index (χ0v) is 27.5. The van der Waals surface area contributed by atoms with Crippen LogP contribution in [0.4, 0.5) is 4.39 Å². The highest BCUT2D eigenvalue weighted by atomic mass is 35.5. The van der Waals surface area contributed by atoms with E-state index in [-0.39, 0.29) is 31.9 Å². The maximum absolute atomic E-state index is 16.1. The lowest BCUT2D eigenvalue weighted by Crippen LogP contribution is -2.29. The molecule has 44 heavy (non-hydrogen) atoms. The number of sulfonamides is 1. The zero-order valence-electron chi connectivity index (χ0n) is 26.0. The van der Waals surface area contributed by atoms with Gasteiger partial charge in [-0.15, -0.1) is 0 Å². The van der Waals surface area contributed by atoms with E-state index in [1.54, 1.807) is 29.3 Å². The van der Waals surface area contributed by atoms with E-state index < -0.39 is 21.8 Å². The van der Waals surface area contributed by atoms with Crippen LogP contribution in [0.15, 0.2) is 24.3 Å². The summed E-state index contributed by atoms with van der Waals surface area (Å²) < 4.78 is 58.6. The number of carbonyl (C=O) groups is 1. The van der Waals surface area contributed by atoms with Crippen LogP contribution < -0.4 is 4.74 Å². The summed E-state index contributed by atoms with van der Waals surface area (Å²) in [7, 11) is -0.385. The van der Waals surface area contributed by atoms with Gasteiger partial charge in [-0.2, -0.15) is 9.40 Å². The van der Waals surface area contributed by atoms with E-state index >= 15 is 4.39 Å². The van der Waals surface area contributed by atoms with Gasteiger partial charge in [0.15, 0.2) is 0 Å². The second-order valence-electron chi connectivity index (χ2n) is 11.3. The molecular formula is C32H38ClFN4O5S. The maximum atomic E-state index is 16.1. The molecule has 12 heteroatoms. The highest BCUT2D eigenvalue weighted by molar-refractivity contribution is 7.89. The van der Waals surface area contributed by atoms with Crippen molar-refractivity contribution >= 4 is 38.5 Å². The molecule has 0 saturated carbocycles. The molecule has 0 amide bonds. The molecule has 3 heterocycles. The minimum Gasteiger partial charge on any atom is -0.494 e. The van der Waals surface area contributed by atoms with Gasteiger partial charge < -0.3 is 14.0 Å². The molecule has 0 N–H and O–H groups in total. The molecule has 0 aliphatic carbocycles. The first-order valence-corrected chi connectivity index (χ1v) is 16.7. The second kappa shape index (κ2) is 12.5. The van der Waals surface area contributed by atoms with Gasteiger partial charge in [-0.25, -0.2) is 17.6 Å². The largest absolute Gasteiger partial charge is 0.494 e. The van der Waals surface area contributed by atoms with Crippen LogP contribution in [0.5, 0.6) is 5.75 Å². The lowest BCUT2D eigenvalue weighted by atomic mass is 9.97. The third-order valence-corrected chi connectivity index (χ3v) is 10.8. The summed E-state index contributed by atoms with van der Waals surface area (Å²) in [6.45, 7) is 8.13. The Balaban J connectivity index is 1.66. The monoisotopic (exact) mass is 644 g/mol. The third kappa shape index (κ3) is 5.84. The van der Waals surface area contributed by atoms with E-state index in [1.165, 1.54) is 17.4 Å². The summed E-state index contributed by atoms with van der Waals surface area (Å²) >= 11 is 6.31. The molecule has 5 rings (SSSR count). The summed E-state index contributed by atoms with van der Waals surface area (Å²) in [5.41, 5.74) is 5.36. The fraction of sp³-hybridized carbons (Fsp3) is 0.438. The number of hydrogen-bond acceptors (Lipinski definition) is 6. The van der Waals surface area contributed by atoms with Gasteiger partial charge in [-0.3, -0.25) is 4.68 Å². The lowest BCUT2D eigenvalue weighted by molar-refractivity contribution is 0.0512. The van der Waals surface area contributed by atoms with Crippen LogP contribution in [0.2, 0.25) is 5.02 Å². The summed E-state index contributed by atoms with van der Waals surface area (Å²) in [6, 6.07) is 6.89. The topological polar surface area (TPSA) is 95.7 Å². The first kappa shape index (κ1) is 32.0. The molecule has 0 spiro atoms. The normalized spacial score (nSPS) is 15.2. The average Bonchev–Trinajstić information content (AvgIpc) is 3.41. The van der Waals surface area contributed by atoms with Crippen molar-refractivity contribution < 1.29 is 27.1 Å². The standard InChI is InChI=1S/C32H38ClFN4O5S/c1-7-42-32(39)31-23(10-8-14-43-22-16-19(2)29(33)20(3)17-22)24-11-12-25(34)28-27-21(4)37(6)35-26(27)18-36(5)44(40,41)15-9-13-38(31)30(24)28/h11-12,16-17H,7-10,13-15,18H2,1-6H3. The van der Waals surface area contributed by atoms with Crippen LogP contribution in [0.25, 0.3) is 22.0 Å². The Morgan fingerprint density at radius 2 is 1.82 bits per heavy atom. The number of nitrogens with zero attached hydrogens (tertiary/aromatic N) is 4. The molecule has 2 aromatic carbocycles. The van der Waals surface area contributed by atoms with E-state index in [1.807, 2.05) is 32.9 Å². The number of aromatic nitrogens is 3. The summed E-state index contributed by atoms with van der Waals surface area (Å²) in [5, 5.41) is 6.01. The summed E-state index contributed by atoms with van der Waals surface area (Å²) in [6.07, 6.45) is 1.24. The third-order valence-electron chi connectivity index (χ3n) is 8.28. The molecule has 236 valence electrons. The fourth-order valence-corrected chi connectivity index (χ4v) is 7.28. The number of hydrogen-bond donors (Lipinski definition) is 0. The van der Waals surface area contributed by atoms with E-state index in [4.69, 9.17) is 21.1 Å². The first-order chi connectivity index (χ1) is 20.9. The molecule has 0 radical (unpaired) electrons. The van der Waals surface area contributed by atoms with Crippen molar-refractivity contribution in [2.45, 2.75) is 60.0 Å². The van der Waals surface area contributed by atoms with Gasteiger partial charge >= 0.3 is 5.97 Å². The number of halogens is 2. The number of ether oxygens (including phenoxy) is 2. The van der Waals surface area contributed by atoms with Crippen LogP contribution in [0.3, 0.4) is 0 Å². The van der Waals surface area contributed by atoms with Crippen LogP contribution in [0, 0.1) is 26.6 Å². The van der Waals surface area contributed by atoms with Gasteiger partial charge in [0.05, 0.1) is 36.7 Å². The number of aryl methyl sites for hydroxylation is 5. The highest BCUT2D eigenvalue weighted by Gasteiger charge is 2.31. The molecule has 0 unspecified atom stereocenters. The minimum atomic E-state index is -3.64. The van der Waals surface area contributed by atoms with Gasteiger partial charge in [-0.05, 0) is 87.9 Å². The second-order valence-corrected chi connectivity index (χ2v) is 13.9. The Bertz CT molecular complexity index is 1840. The van der Waals surface area contributed by atoms with E-state index in [0.717, 1.165) is 11.1 Å². The van der Waals surface area contributed by atoms with Gasteiger partial charge in [0.2, 0.25) is 10.0 Å². The quantitative estimate of drug-likeness (QED) is 0.178. The average molecular weight is 645 g/mol. The number of esters is 1. The molecule has 0 saturated heterocycles. The van der Waals surface area contributed by atoms with Crippen molar-refractivity contribution in [2.75, 3.05) is 26.0 Å². The fourth-order valence-electron chi connectivity index (χ4n) is 6.05. The molecule has 2 aromatic heterocycles. The van der Waals surface area contributed by atoms with Crippen LogP contribution in [-0.4, -0.2) is 59.1 Å². The lowest BCUT2D eigenvalue weighted by Gasteiger charge is -2.16. The van der Waals surface area contributed by atoms with Crippen LogP contribution >= 0.6 is 11.6 Å². The Morgan fingerprint density at radius 1 is 1.11 bits per heavy atom. The Hall–Kier alpha value is -3.41. The van der Waals surface area contributed by atoms with Crippen molar-refractivity contribution in [3.8, 4) is 16.9 Å². The first-order valence-electron chi connectivity index (χ1n) is 14.7. The molecule has 1 aliphatic rings. The molecular weight excluding hydrogens is 607 g/mol. The maximum Gasteiger partial charge on any atom is 0.355 e. The van der Waals surface area contributed by atoms with Gasteiger partial charge in [0.1, 0.15) is 17.3 Å². The predicted octanol–water partition coefficient (Wildman–Crippen LogP) is 6.11. The number of fused-ring (bicyclic) bond motifs is 2. The molecule has 4 aromatic rings. The van der Waals surface area contributed by atoms with Crippen LogP contribution in [-0.2, 0) is 41.3 Å². The number of benzene rings is 2. The SMILES string of the molecule is CCOC(=O)c1c(CCCOc2cc(C)c(Cl)c(C)c2)c2ccc(F)c3c2n1CCCS(=O)(=O)N(C)Cc1nn(C)c(C)c1-3. The number of carbonyl (C=O) groups excluding carboxylic acids is 1. The summed E-state index contributed by atoms with van der Waals surface area (Å²) in [4.78, 5) is 13.6. The van der Waals surface area contributed by atoms with E-state index in [9.17, 15) is 13.2 Å². The van der Waals surface area contributed by atoms with Gasteiger partial charge in [0.25, 0.3) is 0 Å². The summed E-state index contributed by atoms with van der Waals surface area (Å²) in [5.74, 6) is -0.438. The molecule has 0 bridgehead atoms. The van der Waals surface area contributed by atoms with Crippen molar-refractivity contribution in [1.82, 2.24) is 18.7 Å². The Labute approximate surface area is 262 Å². The highest BCUT2D eigenvalue weighted by Crippen LogP contribution is 2.41. The van der Waals surface area contributed by atoms with Gasteiger partial charge in [-0.1, -0.05) is 11.6 Å². The molecule has 0 fully saturated rings. The van der Waals surface area contributed by atoms with E-state index in [0.29, 0.717) is 74.9 Å². The molecule has 0 atom stereocenters.